The molecule has 0 bridgehead atoms. The van der Waals surface area contributed by atoms with Gasteiger partial charge >= 0.3 is 0 Å². The Morgan fingerprint density at radius 1 is 0.238 bits per heavy atom. The monoisotopic (exact) mass is 1340 g/mol. The first-order chi connectivity index (χ1) is 51.3. The molecule has 0 amide bonds. The zero-order chi connectivity index (χ0) is 70.1. The van der Waals surface area contributed by atoms with E-state index in [2.05, 4.69) is 374 Å². The molecule has 0 heterocycles. The Hall–Kier alpha value is -12.4. The van der Waals surface area contributed by atoms with Crippen molar-refractivity contribution in [3.8, 4) is 55.6 Å². The van der Waals surface area contributed by atoms with Gasteiger partial charge in [-0.15, -0.1) is 0 Å². The van der Waals surface area contributed by atoms with Crippen molar-refractivity contribution in [3.63, 3.8) is 0 Å². The van der Waals surface area contributed by atoms with E-state index in [0.717, 1.165) is 28.4 Å². The highest BCUT2D eigenvalue weighted by Crippen LogP contribution is 2.60. The Labute approximate surface area is 612 Å². The molecule has 0 N–H and O–H groups in total. The number of hydrogen-bond acceptors (Lipinski definition) is 2. The second-order valence-electron chi connectivity index (χ2n) is 31.8. The third-order valence-corrected chi connectivity index (χ3v) is 25.3. The van der Waals surface area contributed by atoms with Crippen molar-refractivity contribution in [1.29, 1.82) is 0 Å². The van der Waals surface area contributed by atoms with Crippen LogP contribution in [-0.4, -0.2) is 0 Å². The standard InChI is InChI=1S/C103H74N2/c1-60-72-27-15-18-32-78(72)96-79-33-19-16-30-75(79)85-57-70(46-50-80(85)94(60)96)104(69-45-39-65-54-87-83-49-40-63-24-12-14-29-74(63)98(83)103(6,7)92(87)56-66(65)53-69)68-43-37-61(38-44-68)64-41-48-76-86-58-71(47-51-82(86)100-97(88(76)55-64)84-35-21-22-36-90(84)101(100,2)3)105(67-25-9-8-10-26-67)93-59-89-95-73-28-13-11-23-62(73)42-52-91(95)102(4,5)99(89)81-34-20-17-31-77(81)93/h8-60H,1-7H3. The van der Waals surface area contributed by atoms with Crippen molar-refractivity contribution in [3.05, 3.63) is 360 Å². The maximum Gasteiger partial charge on any atom is 0.0546 e. The molecule has 18 aromatic rings. The van der Waals surface area contributed by atoms with Crippen LogP contribution in [0.1, 0.15) is 98.9 Å². The van der Waals surface area contributed by atoms with Gasteiger partial charge in [0, 0.05) is 56.0 Å². The lowest BCUT2D eigenvalue weighted by atomic mass is 9.79. The lowest BCUT2D eigenvalue weighted by molar-refractivity contribution is 0.666. The van der Waals surface area contributed by atoms with Gasteiger partial charge in [-0.3, -0.25) is 0 Å². The predicted molar refractivity (Wildman–Crippen MR) is 447 cm³/mol. The van der Waals surface area contributed by atoms with E-state index in [1.54, 1.807) is 0 Å². The molecule has 4 aliphatic carbocycles. The maximum atomic E-state index is 2.53. The van der Waals surface area contributed by atoms with E-state index < -0.39 is 0 Å². The van der Waals surface area contributed by atoms with Gasteiger partial charge in [-0.2, -0.15) is 0 Å². The minimum absolute atomic E-state index is 0.189. The molecule has 18 aromatic carbocycles. The van der Waals surface area contributed by atoms with Crippen molar-refractivity contribution >= 4 is 120 Å². The van der Waals surface area contributed by atoms with Crippen LogP contribution >= 0.6 is 0 Å². The summed E-state index contributed by atoms with van der Waals surface area (Å²) in [5, 5.41) is 20.4. The number of hydrogen-bond donors (Lipinski definition) is 0. The highest BCUT2D eigenvalue weighted by molar-refractivity contribution is 6.22. The summed E-state index contributed by atoms with van der Waals surface area (Å²) in [6, 6.07) is 121. The number of rotatable bonds is 7. The van der Waals surface area contributed by atoms with Gasteiger partial charge in [0.2, 0.25) is 0 Å². The van der Waals surface area contributed by atoms with Crippen molar-refractivity contribution in [1.82, 2.24) is 0 Å². The second-order valence-corrected chi connectivity index (χ2v) is 31.8. The summed E-state index contributed by atoms with van der Waals surface area (Å²) in [6.07, 6.45) is 0. The summed E-state index contributed by atoms with van der Waals surface area (Å²) < 4.78 is 0. The Morgan fingerprint density at radius 3 is 1.57 bits per heavy atom. The van der Waals surface area contributed by atoms with Crippen LogP contribution in [0, 0.1) is 0 Å². The molecular formula is C103H74N2. The van der Waals surface area contributed by atoms with Crippen molar-refractivity contribution in [2.75, 3.05) is 9.80 Å². The number of anilines is 6. The Kier molecular flexibility index (Phi) is 12.4. The summed E-state index contributed by atoms with van der Waals surface area (Å²) in [4.78, 5) is 5.04. The highest BCUT2D eigenvalue weighted by Gasteiger charge is 2.42. The molecule has 2 heteroatoms. The van der Waals surface area contributed by atoms with Crippen LogP contribution in [0.5, 0.6) is 0 Å². The predicted octanol–water partition coefficient (Wildman–Crippen LogP) is 28.6. The van der Waals surface area contributed by atoms with Crippen LogP contribution in [0.4, 0.5) is 34.1 Å². The molecule has 0 saturated carbocycles. The average Bonchev–Trinajstić information content (AvgIpc) is 1.56. The fraction of sp³-hybridized carbons (Fsp3) is 0.107. The van der Waals surface area contributed by atoms with Crippen LogP contribution in [0.3, 0.4) is 0 Å². The Balaban J connectivity index is 0.717. The molecule has 4 aliphatic rings. The Morgan fingerprint density at radius 2 is 0.771 bits per heavy atom. The van der Waals surface area contributed by atoms with Gasteiger partial charge in [0.25, 0.3) is 0 Å². The van der Waals surface area contributed by atoms with E-state index in [1.165, 1.54) is 192 Å². The molecule has 22 rings (SSSR count). The van der Waals surface area contributed by atoms with E-state index in [-0.39, 0.29) is 22.2 Å². The summed E-state index contributed by atoms with van der Waals surface area (Å²) in [5.41, 5.74) is 30.3. The molecule has 0 fully saturated rings. The molecule has 0 spiro atoms. The third-order valence-electron chi connectivity index (χ3n) is 25.3. The normalized spacial score (nSPS) is 15.1. The molecule has 496 valence electrons. The molecular weight excluding hydrogens is 1270 g/mol. The van der Waals surface area contributed by atoms with Crippen LogP contribution in [-0.2, 0) is 16.2 Å². The summed E-state index contributed by atoms with van der Waals surface area (Å²) in [7, 11) is 0. The van der Waals surface area contributed by atoms with Crippen LogP contribution in [0.25, 0.3) is 142 Å². The smallest absolute Gasteiger partial charge is 0.0546 e. The van der Waals surface area contributed by atoms with E-state index in [9.17, 15) is 0 Å². The molecule has 0 aliphatic heterocycles. The van der Waals surface area contributed by atoms with Crippen LogP contribution in [0.2, 0.25) is 0 Å². The topological polar surface area (TPSA) is 6.48 Å². The number of para-hydroxylation sites is 1. The minimum Gasteiger partial charge on any atom is -0.310 e. The maximum absolute atomic E-state index is 2.53. The number of nitrogens with zero attached hydrogens (tertiary/aromatic N) is 2. The zero-order valence-corrected chi connectivity index (χ0v) is 60.0. The molecule has 105 heavy (non-hydrogen) atoms. The summed E-state index contributed by atoms with van der Waals surface area (Å²) in [5.74, 6) is 0.267. The molecule has 0 aromatic heterocycles. The van der Waals surface area contributed by atoms with Crippen molar-refractivity contribution in [2.45, 2.75) is 70.6 Å². The van der Waals surface area contributed by atoms with E-state index >= 15 is 0 Å². The average molecular weight is 1340 g/mol. The molecule has 0 saturated heterocycles. The van der Waals surface area contributed by atoms with E-state index in [4.69, 9.17) is 0 Å². The van der Waals surface area contributed by atoms with Crippen molar-refractivity contribution in [2.24, 2.45) is 0 Å². The van der Waals surface area contributed by atoms with Gasteiger partial charge in [-0.05, 0) is 266 Å². The second kappa shape index (κ2) is 21.6. The lowest BCUT2D eigenvalue weighted by Crippen LogP contribution is -2.17. The number of fused-ring (bicyclic) bond motifs is 29. The van der Waals surface area contributed by atoms with Crippen LogP contribution in [0.15, 0.2) is 315 Å². The molecule has 0 radical (unpaired) electrons. The highest BCUT2D eigenvalue weighted by atomic mass is 15.1. The van der Waals surface area contributed by atoms with E-state index in [0.29, 0.717) is 0 Å². The van der Waals surface area contributed by atoms with Crippen LogP contribution < -0.4 is 9.80 Å². The SMILES string of the molecule is CC1c2ccccc2-c2c1c1ccc(N(c3ccc(-c4ccc5c(c4)c4c(c6ccc(N(c7ccccc7)c7cc8c(c9ccccc79)C(C)(C)c7ccc9ccccc9c7-8)cc65)C(C)(C)c5ccccc5-4)cc3)c3ccc4cc5c(cc4c3)C(C)(C)c3c-5ccc4ccccc34)cc1c1ccccc21. The molecule has 1 atom stereocenters. The first-order valence-corrected chi connectivity index (χ1v) is 37.4. The first kappa shape index (κ1) is 60.2. The van der Waals surface area contributed by atoms with Crippen molar-refractivity contribution < 1.29 is 0 Å². The van der Waals surface area contributed by atoms with Gasteiger partial charge in [0.15, 0.2) is 0 Å². The third kappa shape index (κ3) is 8.31. The van der Waals surface area contributed by atoms with Gasteiger partial charge in [0.1, 0.15) is 0 Å². The van der Waals surface area contributed by atoms with Gasteiger partial charge in [-0.1, -0.05) is 279 Å². The molecule has 1 unspecified atom stereocenters. The first-order valence-electron chi connectivity index (χ1n) is 37.4. The lowest BCUT2D eigenvalue weighted by Gasteiger charge is -2.30. The minimum atomic E-state index is -0.267. The molecule has 2 nitrogen and oxygen atoms in total. The fourth-order valence-electron chi connectivity index (χ4n) is 20.6. The van der Waals surface area contributed by atoms with Gasteiger partial charge in [0.05, 0.1) is 5.69 Å². The van der Waals surface area contributed by atoms with Gasteiger partial charge < -0.3 is 9.80 Å². The summed E-state index contributed by atoms with van der Waals surface area (Å²) >= 11 is 0. The van der Waals surface area contributed by atoms with Gasteiger partial charge in [-0.25, -0.2) is 0 Å². The quantitative estimate of drug-likeness (QED) is 0.147. The number of benzene rings is 18. The summed E-state index contributed by atoms with van der Waals surface area (Å²) in [6.45, 7) is 17.0. The zero-order valence-electron chi connectivity index (χ0n) is 60.0. The largest absolute Gasteiger partial charge is 0.310 e. The Bertz CT molecular complexity index is 6880. The fourth-order valence-corrected chi connectivity index (χ4v) is 20.6. The van der Waals surface area contributed by atoms with E-state index in [1.807, 2.05) is 0 Å².